The minimum atomic E-state index is -0.418. The first-order chi connectivity index (χ1) is 8.97. The fourth-order valence-electron chi connectivity index (χ4n) is 3.35. The first-order valence-electron chi connectivity index (χ1n) is 7.36. The number of hydrogen-bond donors (Lipinski definition) is 1. The van der Waals surface area contributed by atoms with Crippen LogP contribution in [0, 0.1) is 11.3 Å². The van der Waals surface area contributed by atoms with Gasteiger partial charge in [-0.1, -0.05) is 33.6 Å². The Hall–Kier alpha value is -0.350. The first kappa shape index (κ1) is 15.0. The van der Waals surface area contributed by atoms with Crippen LogP contribution in [0.15, 0.2) is 10.7 Å². The molecular weight excluding hydrogens is 304 g/mol. The molecule has 2 unspecified atom stereocenters. The highest BCUT2D eigenvalue weighted by Gasteiger charge is 2.39. The van der Waals surface area contributed by atoms with Crippen LogP contribution in [-0.2, 0) is 6.54 Å². The summed E-state index contributed by atoms with van der Waals surface area (Å²) in [5.41, 5.74) is 1.17. The molecule has 1 N–H and O–H groups in total. The van der Waals surface area contributed by atoms with Gasteiger partial charge in [-0.15, -0.1) is 0 Å². The van der Waals surface area contributed by atoms with E-state index in [1.807, 2.05) is 10.9 Å². The van der Waals surface area contributed by atoms with Crippen LogP contribution in [0.5, 0.6) is 0 Å². The largest absolute Gasteiger partial charge is 0.386 e. The van der Waals surface area contributed by atoms with Gasteiger partial charge in [0.2, 0.25) is 0 Å². The maximum absolute atomic E-state index is 10.9. The Morgan fingerprint density at radius 3 is 2.89 bits per heavy atom. The van der Waals surface area contributed by atoms with Crippen molar-refractivity contribution in [1.29, 1.82) is 0 Å². The predicted octanol–water partition coefficient (Wildman–Crippen LogP) is 4.31. The van der Waals surface area contributed by atoms with Crippen molar-refractivity contribution >= 4 is 15.9 Å². The quantitative estimate of drug-likeness (QED) is 0.894. The van der Waals surface area contributed by atoms with Crippen molar-refractivity contribution in [3.05, 3.63) is 16.4 Å². The number of aryl methyl sites for hydroxylation is 1. The fraction of sp³-hybridized carbons (Fsp3) is 0.800. The van der Waals surface area contributed by atoms with E-state index in [-0.39, 0.29) is 5.41 Å². The second kappa shape index (κ2) is 5.96. The van der Waals surface area contributed by atoms with Gasteiger partial charge < -0.3 is 5.11 Å². The molecule has 1 aliphatic carbocycles. The number of aromatic nitrogens is 2. The molecule has 0 radical (unpaired) electrons. The number of nitrogens with zero attached hydrogens (tertiary/aromatic N) is 2. The molecule has 3 nitrogen and oxygen atoms in total. The molecule has 0 aromatic carbocycles. The molecule has 4 heteroatoms. The van der Waals surface area contributed by atoms with E-state index in [0.29, 0.717) is 5.92 Å². The van der Waals surface area contributed by atoms with E-state index >= 15 is 0 Å². The molecule has 1 aliphatic rings. The highest BCUT2D eigenvalue weighted by atomic mass is 79.9. The standard InChI is InChI=1S/C15H25BrN2O/c1-4-9-18-13(12(16)10-17-18)14(19)11-7-5-6-8-15(11,2)3/h10-11,14,19H,4-9H2,1-3H3. The number of aliphatic hydroxyl groups is 1. The third-order valence-electron chi connectivity index (χ3n) is 4.52. The highest BCUT2D eigenvalue weighted by Crippen LogP contribution is 2.47. The van der Waals surface area contributed by atoms with Crippen molar-refractivity contribution in [2.45, 2.75) is 65.5 Å². The zero-order valence-electron chi connectivity index (χ0n) is 12.2. The molecule has 108 valence electrons. The lowest BCUT2D eigenvalue weighted by molar-refractivity contribution is -0.00151. The molecular formula is C15H25BrN2O. The molecule has 1 saturated carbocycles. The number of halogens is 1. The lowest BCUT2D eigenvalue weighted by Crippen LogP contribution is -2.33. The topological polar surface area (TPSA) is 38.0 Å². The summed E-state index contributed by atoms with van der Waals surface area (Å²) in [6.45, 7) is 7.57. The second-order valence-corrected chi connectivity index (χ2v) is 7.24. The summed E-state index contributed by atoms with van der Waals surface area (Å²) in [6, 6.07) is 0. The summed E-state index contributed by atoms with van der Waals surface area (Å²) in [5, 5.41) is 15.2. The lowest BCUT2D eigenvalue weighted by atomic mass is 9.66. The Morgan fingerprint density at radius 2 is 2.26 bits per heavy atom. The summed E-state index contributed by atoms with van der Waals surface area (Å²) >= 11 is 3.55. The van der Waals surface area contributed by atoms with Crippen molar-refractivity contribution in [2.24, 2.45) is 11.3 Å². The van der Waals surface area contributed by atoms with Gasteiger partial charge in [0.05, 0.1) is 16.4 Å². The van der Waals surface area contributed by atoms with E-state index in [0.717, 1.165) is 29.6 Å². The molecule has 1 aromatic rings. The van der Waals surface area contributed by atoms with E-state index < -0.39 is 6.10 Å². The predicted molar refractivity (Wildman–Crippen MR) is 80.9 cm³/mol. The van der Waals surface area contributed by atoms with Crippen molar-refractivity contribution in [3.63, 3.8) is 0 Å². The lowest BCUT2D eigenvalue weighted by Gasteiger charge is -2.41. The van der Waals surface area contributed by atoms with Crippen LogP contribution >= 0.6 is 15.9 Å². The Morgan fingerprint density at radius 1 is 1.53 bits per heavy atom. The van der Waals surface area contributed by atoms with Crippen LogP contribution in [0.2, 0.25) is 0 Å². The van der Waals surface area contributed by atoms with Crippen LogP contribution in [0.4, 0.5) is 0 Å². The molecule has 1 heterocycles. The normalized spacial score (nSPS) is 24.4. The van der Waals surface area contributed by atoms with Gasteiger partial charge in [0.15, 0.2) is 0 Å². The number of aliphatic hydroxyl groups excluding tert-OH is 1. The maximum Gasteiger partial charge on any atom is 0.100 e. The van der Waals surface area contributed by atoms with E-state index in [4.69, 9.17) is 0 Å². The molecule has 0 saturated heterocycles. The van der Waals surface area contributed by atoms with Gasteiger partial charge >= 0.3 is 0 Å². The van der Waals surface area contributed by atoms with Crippen LogP contribution in [0.25, 0.3) is 0 Å². The van der Waals surface area contributed by atoms with E-state index in [1.165, 1.54) is 19.3 Å². The van der Waals surface area contributed by atoms with Crippen LogP contribution in [-0.4, -0.2) is 14.9 Å². The smallest absolute Gasteiger partial charge is 0.100 e. The van der Waals surface area contributed by atoms with Crippen molar-refractivity contribution in [2.75, 3.05) is 0 Å². The van der Waals surface area contributed by atoms with Crippen LogP contribution in [0.3, 0.4) is 0 Å². The Labute approximate surface area is 124 Å². The van der Waals surface area contributed by atoms with Gasteiger partial charge in [0.1, 0.15) is 6.10 Å². The van der Waals surface area contributed by atoms with Gasteiger partial charge in [0, 0.05) is 6.54 Å². The molecule has 2 rings (SSSR count). The first-order valence-corrected chi connectivity index (χ1v) is 8.16. The van der Waals surface area contributed by atoms with Crippen LogP contribution < -0.4 is 0 Å². The van der Waals surface area contributed by atoms with Crippen LogP contribution in [0.1, 0.15) is 64.7 Å². The average molecular weight is 329 g/mol. The Kier molecular flexibility index (Phi) is 4.72. The minimum absolute atomic E-state index is 0.207. The van der Waals surface area contributed by atoms with Crippen molar-refractivity contribution < 1.29 is 5.11 Å². The second-order valence-electron chi connectivity index (χ2n) is 6.39. The molecule has 1 fully saturated rings. The molecule has 2 atom stereocenters. The van der Waals surface area contributed by atoms with Crippen molar-refractivity contribution in [1.82, 2.24) is 9.78 Å². The Bertz CT molecular complexity index is 428. The SMILES string of the molecule is CCCn1ncc(Br)c1C(O)C1CCCCC1(C)C. The number of hydrogen-bond acceptors (Lipinski definition) is 2. The van der Waals surface area contributed by atoms with Gasteiger partial charge in [-0.05, 0) is 46.5 Å². The van der Waals surface area contributed by atoms with E-state index in [2.05, 4.69) is 41.8 Å². The summed E-state index contributed by atoms with van der Waals surface area (Å²) in [6.07, 6.45) is 7.24. The van der Waals surface area contributed by atoms with Gasteiger partial charge in [0.25, 0.3) is 0 Å². The minimum Gasteiger partial charge on any atom is -0.386 e. The van der Waals surface area contributed by atoms with Gasteiger partial charge in [-0.3, -0.25) is 4.68 Å². The zero-order chi connectivity index (χ0) is 14.0. The maximum atomic E-state index is 10.9. The summed E-state index contributed by atoms with van der Waals surface area (Å²) in [7, 11) is 0. The summed E-state index contributed by atoms with van der Waals surface area (Å²) in [5.74, 6) is 0.324. The Balaban J connectivity index is 2.27. The summed E-state index contributed by atoms with van der Waals surface area (Å²) < 4.78 is 2.90. The molecule has 0 amide bonds. The summed E-state index contributed by atoms with van der Waals surface area (Å²) in [4.78, 5) is 0. The molecule has 19 heavy (non-hydrogen) atoms. The van der Waals surface area contributed by atoms with Gasteiger partial charge in [-0.25, -0.2) is 0 Å². The molecule has 0 aliphatic heterocycles. The third-order valence-corrected chi connectivity index (χ3v) is 5.13. The van der Waals surface area contributed by atoms with Crippen molar-refractivity contribution in [3.8, 4) is 0 Å². The highest BCUT2D eigenvalue weighted by molar-refractivity contribution is 9.10. The fourth-order valence-corrected chi connectivity index (χ4v) is 3.88. The van der Waals surface area contributed by atoms with Gasteiger partial charge in [-0.2, -0.15) is 5.10 Å². The molecule has 0 bridgehead atoms. The monoisotopic (exact) mass is 328 g/mol. The van der Waals surface area contributed by atoms with E-state index in [9.17, 15) is 5.11 Å². The third kappa shape index (κ3) is 3.05. The molecule has 1 aromatic heterocycles. The average Bonchev–Trinajstić information content (AvgIpc) is 2.70. The van der Waals surface area contributed by atoms with E-state index in [1.54, 1.807) is 0 Å². The molecule has 0 spiro atoms. The number of rotatable bonds is 4. The zero-order valence-corrected chi connectivity index (χ0v) is 13.8.